The van der Waals surface area contributed by atoms with Crippen LogP contribution in [0, 0.1) is 23.7 Å². The summed E-state index contributed by atoms with van der Waals surface area (Å²) in [5.41, 5.74) is 0. The summed E-state index contributed by atoms with van der Waals surface area (Å²) in [5, 5.41) is 0. The normalized spacial score (nSPS) is 47.0. The fraction of sp³-hybridized carbons (Fsp3) is 0.900. The van der Waals surface area contributed by atoms with Gasteiger partial charge in [0.25, 0.3) is 0 Å². The van der Waals surface area contributed by atoms with Crippen molar-refractivity contribution in [2.75, 3.05) is 6.61 Å². The zero-order chi connectivity index (χ0) is 8.72. The molecule has 0 radical (unpaired) electrons. The minimum atomic E-state index is 0.0544. The Hall–Kier alpha value is -0.530. The minimum Gasteiger partial charge on any atom is -0.465 e. The van der Waals surface area contributed by atoms with Crippen LogP contribution in [0.15, 0.2) is 0 Å². The first kappa shape index (κ1) is 8.09. The number of rotatable bonds is 0. The lowest BCUT2D eigenvalue weighted by Crippen LogP contribution is -2.29. The lowest BCUT2D eigenvalue weighted by atomic mass is 9.71. The van der Waals surface area contributed by atoms with E-state index in [2.05, 4.69) is 13.8 Å². The van der Waals surface area contributed by atoms with Gasteiger partial charge in [0.05, 0.1) is 12.5 Å². The Bertz CT molecular complexity index is 200. The molecular weight excluding hydrogens is 152 g/mol. The molecule has 12 heavy (non-hydrogen) atoms. The molecule has 0 unspecified atom stereocenters. The molecule has 0 aromatic carbocycles. The highest BCUT2D eigenvalue weighted by Crippen LogP contribution is 2.41. The Balaban J connectivity index is 2.09. The molecule has 0 spiro atoms. The lowest BCUT2D eigenvalue weighted by Gasteiger charge is -2.31. The van der Waals surface area contributed by atoms with Crippen LogP contribution in [0.1, 0.15) is 26.7 Å². The first-order valence-electron chi connectivity index (χ1n) is 4.85. The number of carbonyl (C=O) groups is 1. The standard InChI is InChI=1S/C10H16O2/c1-6-3-8-5-12-10(11)9(8)4-7(6)2/h6-9H,3-5H2,1-2H3/t6-,7+,8-,9-/m1/s1. The fourth-order valence-electron chi connectivity index (χ4n) is 2.47. The number of ether oxygens (including phenoxy) is 1. The third-order valence-corrected chi connectivity index (χ3v) is 3.58. The molecule has 2 rings (SSSR count). The van der Waals surface area contributed by atoms with Gasteiger partial charge in [-0.3, -0.25) is 4.79 Å². The van der Waals surface area contributed by atoms with E-state index in [1.165, 1.54) is 6.42 Å². The molecule has 1 aliphatic carbocycles. The molecule has 0 amide bonds. The molecule has 68 valence electrons. The van der Waals surface area contributed by atoms with Gasteiger partial charge in [0.2, 0.25) is 0 Å². The summed E-state index contributed by atoms with van der Waals surface area (Å²) in [6.45, 7) is 5.21. The summed E-state index contributed by atoms with van der Waals surface area (Å²) in [6, 6.07) is 0. The predicted octanol–water partition coefficient (Wildman–Crippen LogP) is 1.84. The number of cyclic esters (lactones) is 1. The van der Waals surface area contributed by atoms with E-state index in [-0.39, 0.29) is 11.9 Å². The maximum Gasteiger partial charge on any atom is 0.309 e. The summed E-state index contributed by atoms with van der Waals surface area (Å²) in [7, 11) is 0. The smallest absolute Gasteiger partial charge is 0.309 e. The predicted molar refractivity (Wildman–Crippen MR) is 45.5 cm³/mol. The Morgan fingerprint density at radius 1 is 1.25 bits per heavy atom. The summed E-state index contributed by atoms with van der Waals surface area (Å²) in [6.07, 6.45) is 2.22. The van der Waals surface area contributed by atoms with Crippen LogP contribution in [0.3, 0.4) is 0 Å². The highest BCUT2D eigenvalue weighted by atomic mass is 16.5. The molecule has 2 nitrogen and oxygen atoms in total. The molecule has 1 aliphatic heterocycles. The first-order valence-corrected chi connectivity index (χ1v) is 4.85. The van der Waals surface area contributed by atoms with Gasteiger partial charge in [-0.15, -0.1) is 0 Å². The average Bonchev–Trinajstić information content (AvgIpc) is 2.35. The van der Waals surface area contributed by atoms with E-state index in [9.17, 15) is 4.79 Å². The number of hydrogen-bond donors (Lipinski definition) is 0. The largest absolute Gasteiger partial charge is 0.465 e. The van der Waals surface area contributed by atoms with Crippen molar-refractivity contribution < 1.29 is 9.53 Å². The zero-order valence-corrected chi connectivity index (χ0v) is 7.75. The molecule has 2 heteroatoms. The SMILES string of the molecule is C[C@@H]1C[C@@H]2COC(=O)[C@@H]2C[C@@H]1C. The topological polar surface area (TPSA) is 26.3 Å². The van der Waals surface area contributed by atoms with E-state index in [4.69, 9.17) is 4.74 Å². The Labute approximate surface area is 73.3 Å². The molecule has 0 bridgehead atoms. The van der Waals surface area contributed by atoms with Crippen molar-refractivity contribution in [1.29, 1.82) is 0 Å². The van der Waals surface area contributed by atoms with Crippen LogP contribution in [-0.2, 0) is 9.53 Å². The van der Waals surface area contributed by atoms with Crippen LogP contribution in [0.5, 0.6) is 0 Å². The zero-order valence-electron chi connectivity index (χ0n) is 7.75. The average molecular weight is 168 g/mol. The van der Waals surface area contributed by atoms with Gasteiger partial charge in [0.1, 0.15) is 0 Å². The molecule has 1 saturated carbocycles. The first-order chi connectivity index (χ1) is 5.68. The second kappa shape index (κ2) is 2.75. The Morgan fingerprint density at radius 2 is 1.92 bits per heavy atom. The van der Waals surface area contributed by atoms with Crippen LogP contribution in [0.2, 0.25) is 0 Å². The third kappa shape index (κ3) is 1.13. The minimum absolute atomic E-state index is 0.0544. The highest BCUT2D eigenvalue weighted by Gasteiger charge is 2.42. The number of hydrogen-bond acceptors (Lipinski definition) is 2. The van der Waals surface area contributed by atoms with Gasteiger partial charge in [-0.2, -0.15) is 0 Å². The van der Waals surface area contributed by atoms with E-state index in [0.717, 1.165) is 12.3 Å². The van der Waals surface area contributed by atoms with Crippen molar-refractivity contribution in [1.82, 2.24) is 0 Å². The maximum absolute atomic E-state index is 11.2. The third-order valence-electron chi connectivity index (χ3n) is 3.58. The lowest BCUT2D eigenvalue weighted by molar-refractivity contribution is -0.142. The van der Waals surface area contributed by atoms with Crippen LogP contribution in [0.25, 0.3) is 0 Å². The van der Waals surface area contributed by atoms with E-state index >= 15 is 0 Å². The van der Waals surface area contributed by atoms with Gasteiger partial charge < -0.3 is 4.74 Å². The fourth-order valence-corrected chi connectivity index (χ4v) is 2.47. The molecule has 2 fully saturated rings. The van der Waals surface area contributed by atoms with Crippen molar-refractivity contribution in [3.63, 3.8) is 0 Å². The molecule has 1 saturated heterocycles. The summed E-state index contributed by atoms with van der Waals surface area (Å²) >= 11 is 0. The van der Waals surface area contributed by atoms with Gasteiger partial charge in [0, 0.05) is 5.92 Å². The van der Waals surface area contributed by atoms with E-state index in [1.807, 2.05) is 0 Å². The second-order valence-corrected chi connectivity index (χ2v) is 4.42. The molecule has 0 aromatic heterocycles. The monoisotopic (exact) mass is 168 g/mol. The van der Waals surface area contributed by atoms with Crippen LogP contribution in [-0.4, -0.2) is 12.6 Å². The maximum atomic E-state index is 11.2. The van der Waals surface area contributed by atoms with Crippen molar-refractivity contribution in [2.45, 2.75) is 26.7 Å². The van der Waals surface area contributed by atoms with E-state index in [1.54, 1.807) is 0 Å². The van der Waals surface area contributed by atoms with Crippen molar-refractivity contribution in [2.24, 2.45) is 23.7 Å². The van der Waals surface area contributed by atoms with Gasteiger partial charge in [-0.25, -0.2) is 0 Å². The number of fused-ring (bicyclic) bond motifs is 1. The molecule has 1 heterocycles. The molecule has 2 aliphatic rings. The molecular formula is C10H16O2. The summed E-state index contributed by atoms with van der Waals surface area (Å²) < 4.78 is 5.06. The summed E-state index contributed by atoms with van der Waals surface area (Å²) in [5.74, 6) is 2.27. The van der Waals surface area contributed by atoms with Crippen molar-refractivity contribution in [3.05, 3.63) is 0 Å². The Kier molecular flexibility index (Phi) is 1.85. The number of esters is 1. The van der Waals surface area contributed by atoms with Gasteiger partial charge in [-0.1, -0.05) is 13.8 Å². The van der Waals surface area contributed by atoms with Gasteiger partial charge in [0.15, 0.2) is 0 Å². The Morgan fingerprint density at radius 3 is 2.67 bits per heavy atom. The van der Waals surface area contributed by atoms with Gasteiger partial charge >= 0.3 is 5.97 Å². The van der Waals surface area contributed by atoms with Crippen molar-refractivity contribution in [3.8, 4) is 0 Å². The van der Waals surface area contributed by atoms with Crippen molar-refractivity contribution >= 4 is 5.97 Å². The quantitative estimate of drug-likeness (QED) is 0.516. The van der Waals surface area contributed by atoms with Crippen LogP contribution < -0.4 is 0 Å². The highest BCUT2D eigenvalue weighted by molar-refractivity contribution is 5.74. The molecule has 4 atom stereocenters. The molecule has 0 aromatic rings. The van der Waals surface area contributed by atoms with Gasteiger partial charge in [-0.05, 0) is 24.7 Å². The van der Waals surface area contributed by atoms with Crippen LogP contribution in [0.4, 0.5) is 0 Å². The second-order valence-electron chi connectivity index (χ2n) is 4.42. The number of carbonyl (C=O) groups excluding carboxylic acids is 1. The summed E-state index contributed by atoms with van der Waals surface area (Å²) in [4.78, 5) is 11.2. The molecule has 0 N–H and O–H groups in total. The van der Waals surface area contributed by atoms with Crippen LogP contribution >= 0.6 is 0 Å². The van der Waals surface area contributed by atoms with E-state index < -0.39 is 0 Å². The van der Waals surface area contributed by atoms with E-state index in [0.29, 0.717) is 18.4 Å².